The molecule has 0 aliphatic heterocycles. The molecule has 224 valence electrons. The third-order valence-corrected chi connectivity index (χ3v) is 7.63. The number of nitrogens with zero attached hydrogens (tertiary/aromatic N) is 6. The van der Waals surface area contributed by atoms with Gasteiger partial charge in [-0.05, 0) is 78.6 Å². The number of ether oxygens (including phenoxy) is 1. The quantitative estimate of drug-likeness (QED) is 0.225. The number of alkyl halides is 2. The first kappa shape index (κ1) is 27.8. The average Bonchev–Trinajstić information content (AvgIpc) is 3.81. The maximum Gasteiger partial charge on any atom is 0.387 e. The molecule has 45 heavy (non-hydrogen) atoms. The van der Waals surface area contributed by atoms with Crippen LogP contribution < -0.4 is 10.1 Å². The van der Waals surface area contributed by atoms with Crippen LogP contribution in [0, 0.1) is 0 Å². The van der Waals surface area contributed by atoms with Crippen molar-refractivity contribution >= 4 is 23.4 Å². The van der Waals surface area contributed by atoms with Crippen LogP contribution >= 0.6 is 0 Å². The number of hydrogen-bond donors (Lipinski definition) is 2. The van der Waals surface area contributed by atoms with Crippen LogP contribution in [0.2, 0.25) is 0 Å². The molecular formula is C32H23F2N7O4. The van der Waals surface area contributed by atoms with E-state index in [0.717, 1.165) is 34.5 Å². The Morgan fingerprint density at radius 2 is 1.98 bits per heavy atom. The van der Waals surface area contributed by atoms with Gasteiger partial charge in [-0.3, -0.25) is 19.1 Å². The van der Waals surface area contributed by atoms with Gasteiger partial charge in [0.15, 0.2) is 29.3 Å². The lowest BCUT2D eigenvalue weighted by Crippen LogP contribution is -2.27. The number of hydrogen-bond acceptors (Lipinski definition) is 8. The Balaban J connectivity index is 1.24. The van der Waals surface area contributed by atoms with Crippen molar-refractivity contribution in [2.75, 3.05) is 0 Å². The molecule has 1 aliphatic carbocycles. The largest absolute Gasteiger partial charge is 0.504 e. The van der Waals surface area contributed by atoms with Gasteiger partial charge in [-0.25, -0.2) is 14.6 Å². The normalized spacial score (nSPS) is 14.1. The Labute approximate surface area is 253 Å². The number of phenolic OH excluding ortho intramolecular Hbond substituents is 1. The summed E-state index contributed by atoms with van der Waals surface area (Å²) in [5, 5.41) is 17.3. The van der Waals surface area contributed by atoms with Gasteiger partial charge in [0, 0.05) is 41.6 Å². The number of aryl methyl sites for hydroxylation is 1. The van der Waals surface area contributed by atoms with Crippen LogP contribution in [0.5, 0.6) is 11.5 Å². The lowest BCUT2D eigenvalue weighted by Gasteiger charge is -2.17. The number of pyridine rings is 2. The summed E-state index contributed by atoms with van der Waals surface area (Å²) in [5.74, 6) is -0.730. The van der Waals surface area contributed by atoms with Gasteiger partial charge in [0.05, 0.1) is 11.6 Å². The molecule has 7 rings (SSSR count). The third kappa shape index (κ3) is 5.13. The van der Waals surface area contributed by atoms with Gasteiger partial charge in [-0.15, -0.1) is 0 Å². The average molecular weight is 608 g/mol. The Hall–Kier alpha value is -5.98. The smallest absolute Gasteiger partial charge is 0.387 e. The fourth-order valence-corrected chi connectivity index (χ4v) is 5.58. The molecule has 11 nitrogen and oxygen atoms in total. The second-order valence-electron chi connectivity index (χ2n) is 10.3. The van der Waals surface area contributed by atoms with Gasteiger partial charge < -0.3 is 15.2 Å². The van der Waals surface area contributed by atoms with Gasteiger partial charge in [0.1, 0.15) is 11.3 Å². The predicted octanol–water partition coefficient (Wildman–Crippen LogP) is 5.21. The fourth-order valence-electron chi connectivity index (χ4n) is 5.58. The summed E-state index contributed by atoms with van der Waals surface area (Å²) < 4.78 is 33.6. The van der Waals surface area contributed by atoms with Crippen LogP contribution in [0.3, 0.4) is 0 Å². The highest BCUT2D eigenvalue weighted by atomic mass is 19.3. The Kier molecular flexibility index (Phi) is 6.96. The van der Waals surface area contributed by atoms with Gasteiger partial charge in [0.25, 0.3) is 5.91 Å². The molecule has 1 amide bonds. The van der Waals surface area contributed by atoms with Crippen molar-refractivity contribution in [3.05, 3.63) is 108 Å². The van der Waals surface area contributed by atoms with Crippen LogP contribution in [0.4, 0.5) is 8.78 Å². The summed E-state index contributed by atoms with van der Waals surface area (Å²) in [5.41, 5.74) is 4.40. The van der Waals surface area contributed by atoms with Crippen LogP contribution in [0.25, 0.3) is 34.1 Å². The predicted molar refractivity (Wildman–Crippen MR) is 158 cm³/mol. The van der Waals surface area contributed by atoms with E-state index in [-0.39, 0.29) is 23.5 Å². The summed E-state index contributed by atoms with van der Waals surface area (Å²) >= 11 is 0. The number of phenols is 1. The highest BCUT2D eigenvalue weighted by molar-refractivity contribution is 5.97. The molecule has 0 fully saturated rings. The molecule has 2 N–H and O–H groups in total. The number of benzene rings is 2. The van der Waals surface area contributed by atoms with Crippen LogP contribution in [0.1, 0.15) is 44.3 Å². The van der Waals surface area contributed by atoms with Crippen LogP contribution in [-0.4, -0.2) is 53.2 Å². The molecular weight excluding hydrogens is 584 g/mol. The van der Waals surface area contributed by atoms with Gasteiger partial charge >= 0.3 is 6.61 Å². The van der Waals surface area contributed by atoms with Crippen molar-refractivity contribution in [3.8, 4) is 34.4 Å². The minimum atomic E-state index is -3.25. The number of halogens is 2. The number of aldehydes is 1. The first-order valence-electron chi connectivity index (χ1n) is 13.9. The van der Waals surface area contributed by atoms with E-state index in [4.69, 9.17) is 9.97 Å². The highest BCUT2D eigenvalue weighted by Crippen LogP contribution is 2.36. The van der Waals surface area contributed by atoms with E-state index in [9.17, 15) is 23.5 Å². The van der Waals surface area contributed by atoms with Crippen molar-refractivity contribution < 1.29 is 28.2 Å². The topological polar surface area (TPSA) is 137 Å². The van der Waals surface area contributed by atoms with Crippen molar-refractivity contribution in [2.24, 2.45) is 0 Å². The summed E-state index contributed by atoms with van der Waals surface area (Å²) in [6, 6.07) is 16.9. The second kappa shape index (κ2) is 11.3. The zero-order valence-corrected chi connectivity index (χ0v) is 23.3. The minimum Gasteiger partial charge on any atom is -0.504 e. The molecule has 2 aromatic carbocycles. The van der Waals surface area contributed by atoms with Crippen molar-refractivity contribution in [1.82, 2.24) is 34.6 Å². The summed E-state index contributed by atoms with van der Waals surface area (Å²) in [4.78, 5) is 38.6. The van der Waals surface area contributed by atoms with E-state index < -0.39 is 24.0 Å². The zero-order valence-electron chi connectivity index (χ0n) is 23.3. The number of aromatic nitrogens is 6. The van der Waals surface area contributed by atoms with E-state index in [1.165, 1.54) is 0 Å². The van der Waals surface area contributed by atoms with E-state index in [1.807, 2.05) is 59.3 Å². The molecule has 1 atom stereocenters. The van der Waals surface area contributed by atoms with E-state index in [2.05, 4.69) is 20.1 Å². The Morgan fingerprint density at radius 1 is 1.09 bits per heavy atom. The standard InChI is InChI=1S/C32H23F2N7O4/c33-32(34)45-26-15-20(13-21(17-42)28(26)43)31(44)38-24-7-4-18-14-22(5-6-23(18)24)41-29(19-3-1-10-35-16-19)37-25-8-9-27(39-30(25)41)40-12-2-11-36-40/h1-3,5-6,8-17,24,32,43H,4,7H2,(H,38,44). The third-order valence-electron chi connectivity index (χ3n) is 7.63. The maximum atomic E-state index is 13.2. The number of imidazole rings is 1. The lowest BCUT2D eigenvalue weighted by atomic mass is 10.1. The number of carbonyl (C=O) groups is 2. The molecule has 0 radical (unpaired) electrons. The fraction of sp³-hybridized carbons (Fsp3) is 0.125. The van der Waals surface area contributed by atoms with Crippen molar-refractivity contribution in [3.63, 3.8) is 0 Å². The Bertz CT molecular complexity index is 2060. The van der Waals surface area contributed by atoms with E-state index >= 15 is 0 Å². The van der Waals surface area contributed by atoms with Gasteiger partial charge in [-0.1, -0.05) is 6.07 Å². The molecule has 0 spiro atoms. The number of aromatic hydroxyl groups is 1. The lowest BCUT2D eigenvalue weighted by molar-refractivity contribution is -0.0513. The second-order valence-corrected chi connectivity index (χ2v) is 10.3. The van der Waals surface area contributed by atoms with Crippen LogP contribution in [0.15, 0.2) is 85.5 Å². The summed E-state index contributed by atoms with van der Waals surface area (Å²) in [6.45, 7) is -3.25. The first-order valence-corrected chi connectivity index (χ1v) is 13.9. The van der Waals surface area contributed by atoms with Crippen LogP contribution in [-0.2, 0) is 6.42 Å². The molecule has 0 saturated carbocycles. The van der Waals surface area contributed by atoms with E-state index in [0.29, 0.717) is 35.6 Å². The van der Waals surface area contributed by atoms with E-state index in [1.54, 1.807) is 23.3 Å². The Morgan fingerprint density at radius 3 is 2.73 bits per heavy atom. The number of rotatable bonds is 8. The van der Waals surface area contributed by atoms with Gasteiger partial charge in [0.2, 0.25) is 0 Å². The molecule has 0 bridgehead atoms. The number of amides is 1. The van der Waals surface area contributed by atoms with Gasteiger partial charge in [-0.2, -0.15) is 13.9 Å². The number of carbonyl (C=O) groups excluding carboxylic acids is 2. The molecule has 4 aromatic heterocycles. The SMILES string of the molecule is O=Cc1cc(C(=O)NC2CCc3cc(-n4c(-c5cccnc5)nc5ccc(-n6cccn6)nc54)ccc32)cc(OC(F)F)c1O. The highest BCUT2D eigenvalue weighted by Gasteiger charge is 2.27. The summed E-state index contributed by atoms with van der Waals surface area (Å²) in [6.07, 6.45) is 8.43. The molecule has 13 heteroatoms. The van der Waals surface area contributed by atoms with Crippen molar-refractivity contribution in [1.29, 1.82) is 0 Å². The van der Waals surface area contributed by atoms with Crippen molar-refractivity contribution in [2.45, 2.75) is 25.5 Å². The molecule has 4 heterocycles. The number of fused-ring (bicyclic) bond motifs is 2. The minimum absolute atomic E-state index is 0.0966. The zero-order chi connectivity index (χ0) is 31.1. The monoisotopic (exact) mass is 607 g/mol. The summed E-state index contributed by atoms with van der Waals surface area (Å²) in [7, 11) is 0. The molecule has 0 saturated heterocycles. The molecule has 1 unspecified atom stereocenters. The first-order chi connectivity index (χ1) is 21.9. The maximum absolute atomic E-state index is 13.2. The molecule has 1 aliphatic rings. The number of nitrogens with one attached hydrogen (secondary N) is 1. The molecule has 6 aromatic rings.